The van der Waals surface area contributed by atoms with Gasteiger partial charge in [-0.2, -0.15) is 4.98 Å². The molecule has 2 N–H and O–H groups in total. The van der Waals surface area contributed by atoms with Crippen LogP contribution in [-0.2, 0) is 4.79 Å². The van der Waals surface area contributed by atoms with Gasteiger partial charge >= 0.3 is 0 Å². The number of hydrogen-bond donors (Lipinski definition) is 2. The van der Waals surface area contributed by atoms with Crippen molar-refractivity contribution < 1.29 is 9.18 Å². The van der Waals surface area contributed by atoms with Gasteiger partial charge in [0, 0.05) is 29.3 Å². The van der Waals surface area contributed by atoms with Crippen LogP contribution in [0.15, 0.2) is 90.4 Å². The number of halogens is 1. The number of nitrogens with zero attached hydrogens (tertiary/aromatic N) is 4. The number of allylic oxidation sites excluding steroid dienone is 1. The number of pyridine rings is 1. The fraction of sp³-hybridized carbons (Fsp3) is 0.0833. The molecular formula is C24H19FN6O. The van der Waals surface area contributed by atoms with Gasteiger partial charge in [-0.1, -0.05) is 30.3 Å². The van der Waals surface area contributed by atoms with Crippen molar-refractivity contribution >= 4 is 17.5 Å². The molecule has 2 aromatic carbocycles. The second-order valence-corrected chi connectivity index (χ2v) is 7.38. The number of nitrogens with one attached hydrogen (secondary N) is 2. The van der Waals surface area contributed by atoms with E-state index in [1.165, 1.54) is 12.1 Å². The van der Waals surface area contributed by atoms with Gasteiger partial charge < -0.3 is 10.6 Å². The number of fused-ring (bicyclic) bond motifs is 1. The van der Waals surface area contributed by atoms with Gasteiger partial charge in [-0.25, -0.2) is 9.07 Å². The zero-order valence-electron chi connectivity index (χ0n) is 17.2. The molecular weight excluding hydrogens is 407 g/mol. The Bertz CT molecular complexity index is 1300. The number of benzene rings is 2. The maximum Gasteiger partial charge on any atom is 0.255 e. The summed E-state index contributed by atoms with van der Waals surface area (Å²) in [7, 11) is 0. The number of anilines is 2. The lowest BCUT2D eigenvalue weighted by atomic mass is 9.95. The summed E-state index contributed by atoms with van der Waals surface area (Å²) in [6.07, 6.45) is 3.34. The molecule has 5 rings (SSSR count). The summed E-state index contributed by atoms with van der Waals surface area (Å²) in [5, 5.41) is 10.8. The predicted octanol–water partition coefficient (Wildman–Crippen LogP) is 4.41. The van der Waals surface area contributed by atoms with Crippen molar-refractivity contribution in [2.75, 3.05) is 10.6 Å². The van der Waals surface area contributed by atoms with E-state index in [4.69, 9.17) is 0 Å². The van der Waals surface area contributed by atoms with Crippen molar-refractivity contribution in [1.29, 1.82) is 0 Å². The molecule has 0 saturated heterocycles. The molecule has 0 saturated carbocycles. The van der Waals surface area contributed by atoms with Gasteiger partial charge in [-0.3, -0.25) is 9.78 Å². The number of carbonyl (C=O) groups excluding carboxylic acids is 1. The highest BCUT2D eigenvalue weighted by Crippen LogP contribution is 2.36. The first kappa shape index (κ1) is 19.6. The number of rotatable bonds is 4. The fourth-order valence-electron chi connectivity index (χ4n) is 3.74. The second-order valence-electron chi connectivity index (χ2n) is 7.38. The SMILES string of the molecule is CC1=C(C(=O)Nc2ccccc2)C(c2ccc(F)cc2)n2nc(-c3ccncc3)nc2N1. The molecule has 1 atom stereocenters. The molecule has 1 aliphatic heterocycles. The number of carbonyl (C=O) groups is 1. The lowest BCUT2D eigenvalue weighted by molar-refractivity contribution is -0.113. The van der Waals surface area contributed by atoms with E-state index < -0.39 is 6.04 Å². The molecule has 8 heteroatoms. The van der Waals surface area contributed by atoms with E-state index in [0.717, 1.165) is 11.1 Å². The summed E-state index contributed by atoms with van der Waals surface area (Å²) in [5.41, 5.74) is 3.32. The lowest BCUT2D eigenvalue weighted by Gasteiger charge is -2.28. The Kier molecular flexibility index (Phi) is 4.95. The molecule has 0 bridgehead atoms. The standard InChI is InChI=1S/C24H19FN6O/c1-15-20(23(32)28-19-5-3-2-4-6-19)21(16-7-9-18(25)10-8-16)31-24(27-15)29-22(30-31)17-11-13-26-14-12-17/h2-14,21H,1H3,(H,28,32)(H,27,29,30). The minimum absolute atomic E-state index is 0.276. The Morgan fingerprint density at radius 2 is 1.75 bits per heavy atom. The van der Waals surface area contributed by atoms with Gasteiger partial charge in [-0.15, -0.1) is 5.10 Å². The van der Waals surface area contributed by atoms with Gasteiger partial charge in [0.1, 0.15) is 11.9 Å². The minimum atomic E-state index is -0.585. The van der Waals surface area contributed by atoms with Crippen molar-refractivity contribution in [3.8, 4) is 11.4 Å². The number of hydrogen-bond acceptors (Lipinski definition) is 5. The van der Waals surface area contributed by atoms with Crippen LogP contribution < -0.4 is 10.6 Å². The Morgan fingerprint density at radius 3 is 2.47 bits per heavy atom. The van der Waals surface area contributed by atoms with Gasteiger partial charge in [0.2, 0.25) is 5.95 Å². The Labute approximate surface area is 183 Å². The summed E-state index contributed by atoms with van der Waals surface area (Å²) in [6.45, 7) is 1.82. The van der Waals surface area contributed by atoms with Crippen LogP contribution in [0, 0.1) is 5.82 Å². The molecule has 7 nitrogen and oxygen atoms in total. The first-order valence-electron chi connectivity index (χ1n) is 10.1. The van der Waals surface area contributed by atoms with Crippen LogP contribution in [0.5, 0.6) is 0 Å². The van der Waals surface area contributed by atoms with E-state index in [-0.39, 0.29) is 11.7 Å². The molecule has 2 aromatic heterocycles. The molecule has 3 heterocycles. The highest BCUT2D eigenvalue weighted by atomic mass is 19.1. The third kappa shape index (κ3) is 3.62. The van der Waals surface area contributed by atoms with Crippen LogP contribution in [0.25, 0.3) is 11.4 Å². The maximum atomic E-state index is 13.7. The summed E-state index contributed by atoms with van der Waals surface area (Å²) in [4.78, 5) is 22.0. The van der Waals surface area contributed by atoms with E-state index in [0.29, 0.717) is 28.7 Å². The summed E-state index contributed by atoms with van der Waals surface area (Å²) < 4.78 is 15.3. The van der Waals surface area contributed by atoms with Crippen LogP contribution in [-0.4, -0.2) is 25.7 Å². The maximum absolute atomic E-state index is 13.7. The second kappa shape index (κ2) is 8.07. The molecule has 0 fully saturated rings. The van der Waals surface area contributed by atoms with Crippen LogP contribution in [0.2, 0.25) is 0 Å². The molecule has 32 heavy (non-hydrogen) atoms. The Balaban J connectivity index is 1.60. The third-order valence-electron chi connectivity index (χ3n) is 5.25. The van der Waals surface area contributed by atoms with Gasteiger partial charge in [0.25, 0.3) is 5.91 Å². The van der Waals surface area contributed by atoms with Crippen molar-refractivity contribution in [3.63, 3.8) is 0 Å². The first-order valence-corrected chi connectivity index (χ1v) is 10.1. The quantitative estimate of drug-likeness (QED) is 0.505. The van der Waals surface area contributed by atoms with Gasteiger partial charge in [0.05, 0.1) is 5.57 Å². The molecule has 1 aliphatic rings. The Morgan fingerprint density at radius 1 is 1.03 bits per heavy atom. The minimum Gasteiger partial charge on any atom is -0.328 e. The number of aromatic nitrogens is 4. The average Bonchev–Trinajstić information content (AvgIpc) is 3.23. The molecule has 1 amide bonds. The molecule has 0 spiro atoms. The monoisotopic (exact) mass is 426 g/mol. The highest BCUT2D eigenvalue weighted by molar-refractivity contribution is 6.06. The highest BCUT2D eigenvalue weighted by Gasteiger charge is 2.34. The van der Waals surface area contributed by atoms with Crippen molar-refractivity contribution in [3.05, 3.63) is 102 Å². The Hall–Kier alpha value is -4.33. The summed E-state index contributed by atoms with van der Waals surface area (Å²) in [5.74, 6) is 0.372. The molecule has 0 aliphatic carbocycles. The zero-order valence-corrected chi connectivity index (χ0v) is 17.2. The molecule has 0 radical (unpaired) electrons. The first-order chi connectivity index (χ1) is 15.6. The lowest BCUT2D eigenvalue weighted by Crippen LogP contribution is -2.31. The largest absolute Gasteiger partial charge is 0.328 e. The third-order valence-corrected chi connectivity index (χ3v) is 5.25. The molecule has 4 aromatic rings. The van der Waals surface area contributed by atoms with Gasteiger partial charge in [0.15, 0.2) is 5.82 Å². The molecule has 1 unspecified atom stereocenters. The van der Waals surface area contributed by atoms with Gasteiger partial charge in [-0.05, 0) is 48.9 Å². The average molecular weight is 426 g/mol. The zero-order chi connectivity index (χ0) is 22.1. The summed E-state index contributed by atoms with van der Waals surface area (Å²) >= 11 is 0. The van der Waals surface area contributed by atoms with Crippen molar-refractivity contribution in [2.45, 2.75) is 13.0 Å². The van der Waals surface area contributed by atoms with E-state index >= 15 is 0 Å². The number of amides is 1. The van der Waals surface area contributed by atoms with Crippen LogP contribution >= 0.6 is 0 Å². The smallest absolute Gasteiger partial charge is 0.255 e. The topological polar surface area (TPSA) is 84.7 Å². The van der Waals surface area contributed by atoms with Crippen LogP contribution in [0.3, 0.4) is 0 Å². The predicted molar refractivity (Wildman–Crippen MR) is 119 cm³/mol. The van der Waals surface area contributed by atoms with Crippen LogP contribution in [0.4, 0.5) is 16.0 Å². The summed E-state index contributed by atoms with van der Waals surface area (Å²) in [6, 6.07) is 18.3. The van der Waals surface area contributed by atoms with Crippen molar-refractivity contribution in [1.82, 2.24) is 19.7 Å². The normalized spacial score (nSPS) is 15.1. The molecule has 158 valence electrons. The van der Waals surface area contributed by atoms with E-state index in [9.17, 15) is 9.18 Å². The van der Waals surface area contributed by atoms with Crippen molar-refractivity contribution in [2.24, 2.45) is 0 Å². The van der Waals surface area contributed by atoms with E-state index in [2.05, 4.69) is 25.7 Å². The van der Waals surface area contributed by atoms with E-state index in [1.54, 1.807) is 29.2 Å². The number of para-hydroxylation sites is 1. The van der Waals surface area contributed by atoms with E-state index in [1.807, 2.05) is 49.4 Å². The fourth-order valence-corrected chi connectivity index (χ4v) is 3.74. The van der Waals surface area contributed by atoms with Crippen LogP contribution in [0.1, 0.15) is 18.5 Å².